The predicted molar refractivity (Wildman–Crippen MR) is 90.6 cm³/mol. The molecule has 1 unspecified atom stereocenters. The third kappa shape index (κ3) is 6.57. The summed E-state index contributed by atoms with van der Waals surface area (Å²) in [6.07, 6.45) is 7.82. The van der Waals surface area contributed by atoms with E-state index in [4.69, 9.17) is 0 Å². The van der Waals surface area contributed by atoms with Gasteiger partial charge in [-0.3, -0.25) is 9.59 Å². The normalized spacial score (nSPS) is 12.1. The summed E-state index contributed by atoms with van der Waals surface area (Å²) in [6.45, 7) is 4.20. The van der Waals surface area contributed by atoms with Gasteiger partial charge in [0.25, 0.3) is 5.91 Å². The average Bonchev–Trinajstić information content (AvgIpc) is 2.53. The summed E-state index contributed by atoms with van der Waals surface area (Å²) in [6, 6.07) is 7.31. The molecule has 1 aromatic carbocycles. The second-order valence-corrected chi connectivity index (χ2v) is 5.44. The Labute approximate surface area is 133 Å². The van der Waals surface area contributed by atoms with Crippen molar-refractivity contribution >= 4 is 17.9 Å². The standard InChI is InChI=1S/C18H26N2O2/c1-4-5-6-7-14(2)20-17(21)13-10-15-8-11-16(12-9-15)18(22)19-3/h8-14H,4-7H2,1-3H3,(H,19,22)(H,20,21)/b13-10+. The summed E-state index contributed by atoms with van der Waals surface area (Å²) in [5, 5.41) is 5.53. The molecule has 1 rings (SSSR count). The van der Waals surface area contributed by atoms with Crippen LogP contribution in [0.3, 0.4) is 0 Å². The Morgan fingerprint density at radius 1 is 1.18 bits per heavy atom. The smallest absolute Gasteiger partial charge is 0.251 e. The van der Waals surface area contributed by atoms with Crippen molar-refractivity contribution in [3.63, 3.8) is 0 Å². The first kappa shape index (κ1) is 18.0. The fourth-order valence-corrected chi connectivity index (χ4v) is 2.13. The van der Waals surface area contributed by atoms with Gasteiger partial charge >= 0.3 is 0 Å². The lowest BCUT2D eigenvalue weighted by atomic mass is 10.1. The van der Waals surface area contributed by atoms with Gasteiger partial charge in [-0.1, -0.05) is 38.3 Å². The van der Waals surface area contributed by atoms with Crippen molar-refractivity contribution in [2.24, 2.45) is 0 Å². The van der Waals surface area contributed by atoms with Gasteiger partial charge in [-0.2, -0.15) is 0 Å². The van der Waals surface area contributed by atoms with Crippen LogP contribution in [0.4, 0.5) is 0 Å². The van der Waals surface area contributed by atoms with Crippen LogP contribution in [0.5, 0.6) is 0 Å². The molecule has 0 heterocycles. The molecule has 120 valence electrons. The highest BCUT2D eigenvalue weighted by Crippen LogP contribution is 2.07. The van der Waals surface area contributed by atoms with Gasteiger partial charge in [0.05, 0.1) is 0 Å². The molecule has 0 saturated carbocycles. The van der Waals surface area contributed by atoms with Gasteiger partial charge in [-0.15, -0.1) is 0 Å². The number of hydrogen-bond donors (Lipinski definition) is 2. The summed E-state index contributed by atoms with van der Waals surface area (Å²) >= 11 is 0. The van der Waals surface area contributed by atoms with Gasteiger partial charge in [-0.25, -0.2) is 0 Å². The summed E-state index contributed by atoms with van der Waals surface area (Å²) in [5.74, 6) is -0.200. The Bertz CT molecular complexity index is 506. The van der Waals surface area contributed by atoms with Crippen LogP contribution in [0.2, 0.25) is 0 Å². The second-order valence-electron chi connectivity index (χ2n) is 5.44. The summed E-state index contributed by atoms with van der Waals surface area (Å²) < 4.78 is 0. The monoisotopic (exact) mass is 302 g/mol. The topological polar surface area (TPSA) is 58.2 Å². The lowest BCUT2D eigenvalue weighted by molar-refractivity contribution is -0.117. The zero-order valence-electron chi connectivity index (χ0n) is 13.7. The molecule has 0 aromatic heterocycles. The van der Waals surface area contributed by atoms with Crippen LogP contribution in [0.25, 0.3) is 6.08 Å². The molecule has 0 spiro atoms. The number of carbonyl (C=O) groups is 2. The highest BCUT2D eigenvalue weighted by atomic mass is 16.2. The van der Waals surface area contributed by atoms with Crippen molar-refractivity contribution in [3.8, 4) is 0 Å². The molecular formula is C18H26N2O2. The lowest BCUT2D eigenvalue weighted by Crippen LogP contribution is -2.30. The lowest BCUT2D eigenvalue weighted by Gasteiger charge is -2.11. The minimum Gasteiger partial charge on any atom is -0.355 e. The van der Waals surface area contributed by atoms with Gasteiger partial charge < -0.3 is 10.6 Å². The van der Waals surface area contributed by atoms with Crippen molar-refractivity contribution in [1.29, 1.82) is 0 Å². The Morgan fingerprint density at radius 2 is 1.86 bits per heavy atom. The predicted octanol–water partition coefficient (Wildman–Crippen LogP) is 3.14. The van der Waals surface area contributed by atoms with Crippen molar-refractivity contribution in [2.45, 2.75) is 45.6 Å². The first-order chi connectivity index (χ1) is 10.6. The molecule has 0 bridgehead atoms. The largest absolute Gasteiger partial charge is 0.355 e. The maximum atomic E-state index is 11.8. The Kier molecular flexibility index (Phi) is 7.97. The van der Waals surface area contributed by atoms with Crippen LogP contribution in [-0.4, -0.2) is 24.9 Å². The molecule has 0 fully saturated rings. The molecule has 0 saturated heterocycles. The van der Waals surface area contributed by atoms with Crippen molar-refractivity contribution < 1.29 is 9.59 Å². The SMILES string of the molecule is CCCCCC(C)NC(=O)/C=C/c1ccc(C(=O)NC)cc1. The molecule has 22 heavy (non-hydrogen) atoms. The molecule has 4 nitrogen and oxygen atoms in total. The van der Waals surface area contributed by atoms with Crippen LogP contribution < -0.4 is 10.6 Å². The summed E-state index contributed by atoms with van der Waals surface area (Å²) in [5.41, 5.74) is 1.50. The zero-order chi connectivity index (χ0) is 16.4. The van der Waals surface area contributed by atoms with Crippen LogP contribution in [0.1, 0.15) is 55.5 Å². The molecule has 2 N–H and O–H groups in total. The average molecular weight is 302 g/mol. The minimum atomic E-state index is -0.117. The Morgan fingerprint density at radius 3 is 2.45 bits per heavy atom. The molecule has 0 radical (unpaired) electrons. The number of unbranched alkanes of at least 4 members (excludes halogenated alkanes) is 2. The van der Waals surface area contributed by atoms with Gasteiger partial charge in [0.1, 0.15) is 0 Å². The molecular weight excluding hydrogens is 276 g/mol. The third-order valence-electron chi connectivity index (χ3n) is 3.46. The fraction of sp³-hybridized carbons (Fsp3) is 0.444. The number of nitrogens with one attached hydrogen (secondary N) is 2. The molecule has 0 aliphatic rings. The quantitative estimate of drug-likeness (QED) is 0.572. The Hall–Kier alpha value is -2.10. The first-order valence-corrected chi connectivity index (χ1v) is 7.87. The molecule has 2 amide bonds. The van der Waals surface area contributed by atoms with Crippen LogP contribution in [-0.2, 0) is 4.79 Å². The van der Waals surface area contributed by atoms with E-state index >= 15 is 0 Å². The van der Waals surface area contributed by atoms with E-state index in [2.05, 4.69) is 17.6 Å². The van der Waals surface area contributed by atoms with Gasteiger partial charge in [0, 0.05) is 24.7 Å². The third-order valence-corrected chi connectivity index (χ3v) is 3.46. The van der Waals surface area contributed by atoms with Gasteiger partial charge in [-0.05, 0) is 37.1 Å². The van der Waals surface area contributed by atoms with E-state index in [1.54, 1.807) is 25.3 Å². The maximum Gasteiger partial charge on any atom is 0.251 e. The van der Waals surface area contributed by atoms with E-state index < -0.39 is 0 Å². The molecule has 4 heteroatoms. The molecule has 0 aliphatic heterocycles. The van der Waals surface area contributed by atoms with Crippen molar-refractivity contribution in [1.82, 2.24) is 10.6 Å². The summed E-state index contributed by atoms with van der Waals surface area (Å²) in [4.78, 5) is 23.2. The van der Waals surface area contributed by atoms with Crippen LogP contribution in [0, 0.1) is 0 Å². The number of hydrogen-bond acceptors (Lipinski definition) is 2. The fourth-order valence-electron chi connectivity index (χ4n) is 2.13. The van der Waals surface area contributed by atoms with E-state index in [0.29, 0.717) is 5.56 Å². The molecule has 1 atom stereocenters. The maximum absolute atomic E-state index is 11.8. The summed E-state index contributed by atoms with van der Waals surface area (Å²) in [7, 11) is 1.60. The second kappa shape index (κ2) is 9.77. The number of rotatable bonds is 8. The molecule has 0 aliphatic carbocycles. The molecule has 1 aromatic rings. The first-order valence-electron chi connectivity index (χ1n) is 7.87. The van der Waals surface area contributed by atoms with Crippen molar-refractivity contribution in [2.75, 3.05) is 7.05 Å². The van der Waals surface area contributed by atoms with E-state index in [1.165, 1.54) is 18.9 Å². The van der Waals surface area contributed by atoms with E-state index in [1.807, 2.05) is 19.1 Å². The van der Waals surface area contributed by atoms with Crippen LogP contribution in [0.15, 0.2) is 30.3 Å². The van der Waals surface area contributed by atoms with Crippen molar-refractivity contribution in [3.05, 3.63) is 41.5 Å². The Balaban J connectivity index is 2.46. The number of benzene rings is 1. The number of amides is 2. The van der Waals surface area contributed by atoms with E-state index in [0.717, 1.165) is 18.4 Å². The van der Waals surface area contributed by atoms with Crippen LogP contribution >= 0.6 is 0 Å². The highest BCUT2D eigenvalue weighted by Gasteiger charge is 2.04. The van der Waals surface area contributed by atoms with E-state index in [9.17, 15) is 9.59 Å². The van der Waals surface area contributed by atoms with Gasteiger partial charge in [0.15, 0.2) is 0 Å². The number of carbonyl (C=O) groups excluding carboxylic acids is 2. The highest BCUT2D eigenvalue weighted by molar-refractivity contribution is 5.94. The van der Waals surface area contributed by atoms with Gasteiger partial charge in [0.2, 0.25) is 5.91 Å². The van der Waals surface area contributed by atoms with E-state index in [-0.39, 0.29) is 17.9 Å². The minimum absolute atomic E-state index is 0.0839. The zero-order valence-corrected chi connectivity index (χ0v) is 13.7.